The maximum atomic E-state index is 12.2. The zero-order valence-corrected chi connectivity index (χ0v) is 14.1. The van der Waals surface area contributed by atoms with E-state index in [1.807, 2.05) is 0 Å². The van der Waals surface area contributed by atoms with E-state index in [9.17, 15) is 4.79 Å². The lowest BCUT2D eigenvalue weighted by Crippen LogP contribution is -2.34. The fraction of sp³-hybridized carbons (Fsp3) is 0.944. The minimum Gasteiger partial charge on any atom is -0.340 e. The molecular weight excluding hydrogens is 260 g/mol. The van der Waals surface area contributed by atoms with Gasteiger partial charge in [0.05, 0.1) is 0 Å². The first-order chi connectivity index (χ1) is 10.3. The van der Waals surface area contributed by atoms with Crippen LogP contribution in [0.25, 0.3) is 0 Å². The van der Waals surface area contributed by atoms with Crippen molar-refractivity contribution in [1.82, 2.24) is 4.90 Å². The highest BCUT2D eigenvalue weighted by Gasteiger charge is 2.31. The molecule has 0 aromatic carbocycles. The molecule has 1 rings (SSSR count). The number of carbonyl (C=O) groups excluding carboxylic acids is 1. The molecule has 0 bridgehead atoms. The standard InChI is InChI=1S/C18H36N2O/c1-2-3-4-5-6-7-8-9-10-12-18(21)20(16-11-15-19)17-13-14-17/h17H,2-16,19H2,1H3. The van der Waals surface area contributed by atoms with Gasteiger partial charge in [-0.1, -0.05) is 58.3 Å². The maximum absolute atomic E-state index is 12.2. The Bertz CT molecular complexity index is 264. The molecule has 124 valence electrons. The number of rotatable bonds is 14. The Hall–Kier alpha value is -0.570. The van der Waals surface area contributed by atoms with E-state index in [1.54, 1.807) is 0 Å². The molecule has 1 aliphatic rings. The van der Waals surface area contributed by atoms with E-state index in [0.29, 0.717) is 18.5 Å². The van der Waals surface area contributed by atoms with Crippen LogP contribution in [-0.4, -0.2) is 29.9 Å². The summed E-state index contributed by atoms with van der Waals surface area (Å²) in [7, 11) is 0. The lowest BCUT2D eigenvalue weighted by Gasteiger charge is -2.22. The summed E-state index contributed by atoms with van der Waals surface area (Å²) < 4.78 is 0. The molecule has 3 heteroatoms. The average molecular weight is 296 g/mol. The van der Waals surface area contributed by atoms with E-state index in [0.717, 1.165) is 25.8 Å². The van der Waals surface area contributed by atoms with Crippen LogP contribution in [0, 0.1) is 0 Å². The van der Waals surface area contributed by atoms with Crippen LogP contribution in [0.4, 0.5) is 0 Å². The van der Waals surface area contributed by atoms with Crippen molar-refractivity contribution in [3.05, 3.63) is 0 Å². The van der Waals surface area contributed by atoms with Gasteiger partial charge in [0, 0.05) is 19.0 Å². The average Bonchev–Trinajstić information content (AvgIpc) is 3.31. The minimum absolute atomic E-state index is 0.369. The Morgan fingerprint density at radius 2 is 1.52 bits per heavy atom. The Morgan fingerprint density at radius 1 is 0.952 bits per heavy atom. The zero-order chi connectivity index (χ0) is 15.3. The quantitative estimate of drug-likeness (QED) is 0.487. The molecule has 1 aliphatic carbocycles. The molecule has 1 fully saturated rings. The first kappa shape index (κ1) is 18.5. The van der Waals surface area contributed by atoms with Crippen LogP contribution in [0.2, 0.25) is 0 Å². The van der Waals surface area contributed by atoms with Gasteiger partial charge in [0.1, 0.15) is 0 Å². The molecular formula is C18H36N2O. The number of hydrogen-bond donors (Lipinski definition) is 1. The van der Waals surface area contributed by atoms with Gasteiger partial charge in [0.15, 0.2) is 0 Å². The first-order valence-electron chi connectivity index (χ1n) is 9.29. The molecule has 3 nitrogen and oxygen atoms in total. The van der Waals surface area contributed by atoms with Crippen LogP contribution in [0.5, 0.6) is 0 Å². The molecule has 0 radical (unpaired) electrons. The number of nitrogens with zero attached hydrogens (tertiary/aromatic N) is 1. The van der Waals surface area contributed by atoms with E-state index >= 15 is 0 Å². The summed E-state index contributed by atoms with van der Waals surface area (Å²) in [6, 6.07) is 0.544. The topological polar surface area (TPSA) is 46.3 Å². The van der Waals surface area contributed by atoms with Crippen LogP contribution >= 0.6 is 0 Å². The van der Waals surface area contributed by atoms with Crippen molar-refractivity contribution < 1.29 is 4.79 Å². The Morgan fingerprint density at radius 3 is 2.05 bits per heavy atom. The van der Waals surface area contributed by atoms with Gasteiger partial charge in [0.2, 0.25) is 5.91 Å². The van der Waals surface area contributed by atoms with Gasteiger partial charge in [-0.15, -0.1) is 0 Å². The molecule has 2 N–H and O–H groups in total. The van der Waals surface area contributed by atoms with Crippen molar-refractivity contribution in [1.29, 1.82) is 0 Å². The molecule has 0 spiro atoms. The van der Waals surface area contributed by atoms with Gasteiger partial charge in [-0.3, -0.25) is 4.79 Å². The predicted octanol–water partition coefficient (Wildman–Crippen LogP) is 4.25. The molecule has 0 aromatic heterocycles. The second-order valence-electron chi connectivity index (χ2n) is 6.54. The van der Waals surface area contributed by atoms with Crippen molar-refractivity contribution in [2.75, 3.05) is 13.1 Å². The second kappa shape index (κ2) is 12.0. The predicted molar refractivity (Wildman–Crippen MR) is 90.3 cm³/mol. The van der Waals surface area contributed by atoms with Gasteiger partial charge >= 0.3 is 0 Å². The molecule has 0 saturated heterocycles. The largest absolute Gasteiger partial charge is 0.340 e. The van der Waals surface area contributed by atoms with Crippen LogP contribution < -0.4 is 5.73 Å². The monoisotopic (exact) mass is 296 g/mol. The van der Waals surface area contributed by atoms with E-state index < -0.39 is 0 Å². The fourth-order valence-corrected chi connectivity index (χ4v) is 2.89. The summed E-state index contributed by atoms with van der Waals surface area (Å²) in [5.41, 5.74) is 5.56. The summed E-state index contributed by atoms with van der Waals surface area (Å²) in [5.74, 6) is 0.369. The summed E-state index contributed by atoms with van der Waals surface area (Å²) >= 11 is 0. The highest BCUT2D eigenvalue weighted by Crippen LogP contribution is 2.27. The van der Waals surface area contributed by atoms with Crippen LogP contribution in [0.1, 0.15) is 90.4 Å². The Labute approximate surface area is 131 Å². The van der Waals surface area contributed by atoms with Gasteiger partial charge in [-0.05, 0) is 32.2 Å². The number of nitrogens with two attached hydrogens (primary N) is 1. The van der Waals surface area contributed by atoms with Crippen LogP contribution in [-0.2, 0) is 4.79 Å². The summed E-state index contributed by atoms with van der Waals surface area (Å²) in [4.78, 5) is 14.3. The number of carbonyl (C=O) groups is 1. The maximum Gasteiger partial charge on any atom is 0.222 e. The molecule has 0 unspecified atom stereocenters. The lowest BCUT2D eigenvalue weighted by atomic mass is 10.1. The highest BCUT2D eigenvalue weighted by atomic mass is 16.2. The third-order valence-electron chi connectivity index (χ3n) is 4.41. The van der Waals surface area contributed by atoms with Crippen molar-refractivity contribution in [3.8, 4) is 0 Å². The fourth-order valence-electron chi connectivity index (χ4n) is 2.89. The molecule has 0 aromatic rings. The van der Waals surface area contributed by atoms with Gasteiger partial charge in [0.25, 0.3) is 0 Å². The second-order valence-corrected chi connectivity index (χ2v) is 6.54. The smallest absolute Gasteiger partial charge is 0.222 e. The molecule has 1 amide bonds. The molecule has 0 aliphatic heterocycles. The van der Waals surface area contributed by atoms with Gasteiger partial charge < -0.3 is 10.6 Å². The van der Waals surface area contributed by atoms with Crippen LogP contribution in [0.3, 0.4) is 0 Å². The Kier molecular flexibility index (Phi) is 10.6. The lowest BCUT2D eigenvalue weighted by molar-refractivity contribution is -0.131. The van der Waals surface area contributed by atoms with E-state index in [-0.39, 0.29) is 0 Å². The number of unbranched alkanes of at least 4 members (excludes halogenated alkanes) is 8. The van der Waals surface area contributed by atoms with Crippen LogP contribution in [0.15, 0.2) is 0 Å². The van der Waals surface area contributed by atoms with Crippen molar-refractivity contribution in [2.45, 2.75) is 96.4 Å². The number of hydrogen-bond acceptors (Lipinski definition) is 2. The normalized spacial score (nSPS) is 14.4. The summed E-state index contributed by atoms with van der Waals surface area (Å²) in [6.45, 7) is 3.82. The van der Waals surface area contributed by atoms with E-state index in [4.69, 9.17) is 5.73 Å². The van der Waals surface area contributed by atoms with Crippen molar-refractivity contribution in [2.24, 2.45) is 5.73 Å². The molecule has 0 heterocycles. The third-order valence-corrected chi connectivity index (χ3v) is 4.41. The Balaban J connectivity index is 1.96. The van der Waals surface area contributed by atoms with Crippen molar-refractivity contribution in [3.63, 3.8) is 0 Å². The third kappa shape index (κ3) is 9.13. The SMILES string of the molecule is CCCCCCCCCCCC(=O)N(CCCN)C1CC1. The van der Waals surface area contributed by atoms with Gasteiger partial charge in [-0.25, -0.2) is 0 Å². The molecule has 0 atom stereocenters. The molecule has 21 heavy (non-hydrogen) atoms. The summed E-state index contributed by atoms with van der Waals surface area (Å²) in [5, 5.41) is 0. The van der Waals surface area contributed by atoms with Crippen molar-refractivity contribution >= 4 is 5.91 Å². The highest BCUT2D eigenvalue weighted by molar-refractivity contribution is 5.76. The zero-order valence-electron chi connectivity index (χ0n) is 14.1. The molecule has 1 saturated carbocycles. The van der Waals surface area contributed by atoms with E-state index in [1.165, 1.54) is 64.2 Å². The van der Waals surface area contributed by atoms with E-state index in [2.05, 4.69) is 11.8 Å². The minimum atomic E-state index is 0.369. The van der Waals surface area contributed by atoms with Gasteiger partial charge in [-0.2, -0.15) is 0 Å². The first-order valence-corrected chi connectivity index (χ1v) is 9.29. The number of amides is 1. The summed E-state index contributed by atoms with van der Waals surface area (Å²) in [6.07, 6.45) is 15.9.